The Bertz CT molecular complexity index is 188. The third kappa shape index (κ3) is 5.25. The largest absolute Gasteiger partial charge is 0.379 e. The Morgan fingerprint density at radius 2 is 2.19 bits per heavy atom. The predicted octanol–water partition coefficient (Wildman–Crippen LogP) is 0.850. The standard InChI is InChI=1S/C12H26N2O2/c1-10(2)15-6-4-5-14-8-11(3)16-12(7-13)9-14/h10-12H,4-9,13H2,1-3H3. The SMILES string of the molecule is CC(C)OCCCN1CC(C)OC(CN)C1. The molecule has 2 atom stereocenters. The Morgan fingerprint density at radius 1 is 1.44 bits per heavy atom. The molecule has 0 spiro atoms. The minimum absolute atomic E-state index is 0.203. The topological polar surface area (TPSA) is 47.7 Å². The number of hydrogen-bond donors (Lipinski definition) is 1. The molecule has 1 heterocycles. The first-order valence-electron chi connectivity index (χ1n) is 6.31. The van der Waals surface area contributed by atoms with Crippen molar-refractivity contribution in [2.75, 3.05) is 32.8 Å². The third-order valence-corrected chi connectivity index (χ3v) is 2.73. The maximum atomic E-state index is 5.71. The highest BCUT2D eigenvalue weighted by molar-refractivity contribution is 4.76. The molecule has 0 bridgehead atoms. The van der Waals surface area contributed by atoms with Crippen LogP contribution in [0, 0.1) is 0 Å². The van der Waals surface area contributed by atoms with Crippen LogP contribution in [0.2, 0.25) is 0 Å². The van der Waals surface area contributed by atoms with E-state index in [0.29, 0.717) is 18.8 Å². The highest BCUT2D eigenvalue weighted by Gasteiger charge is 2.23. The van der Waals surface area contributed by atoms with Crippen molar-refractivity contribution in [2.24, 2.45) is 5.73 Å². The molecule has 4 nitrogen and oxygen atoms in total. The highest BCUT2D eigenvalue weighted by Crippen LogP contribution is 2.10. The van der Waals surface area contributed by atoms with E-state index in [9.17, 15) is 0 Å². The molecular weight excluding hydrogens is 204 g/mol. The van der Waals surface area contributed by atoms with Crippen molar-refractivity contribution in [1.82, 2.24) is 4.90 Å². The molecule has 0 aromatic rings. The Morgan fingerprint density at radius 3 is 2.81 bits per heavy atom. The van der Waals surface area contributed by atoms with E-state index in [4.69, 9.17) is 15.2 Å². The molecule has 0 saturated carbocycles. The van der Waals surface area contributed by atoms with Crippen LogP contribution in [-0.4, -0.2) is 56.0 Å². The van der Waals surface area contributed by atoms with Crippen molar-refractivity contribution in [2.45, 2.75) is 45.5 Å². The van der Waals surface area contributed by atoms with E-state index in [1.807, 2.05) is 0 Å². The van der Waals surface area contributed by atoms with E-state index in [0.717, 1.165) is 32.7 Å². The van der Waals surface area contributed by atoms with Gasteiger partial charge in [0, 0.05) is 32.8 Å². The van der Waals surface area contributed by atoms with Gasteiger partial charge in [-0.2, -0.15) is 0 Å². The predicted molar refractivity (Wildman–Crippen MR) is 65.5 cm³/mol. The lowest BCUT2D eigenvalue weighted by Crippen LogP contribution is -2.49. The fraction of sp³-hybridized carbons (Fsp3) is 1.00. The zero-order valence-electron chi connectivity index (χ0n) is 10.8. The molecule has 0 radical (unpaired) electrons. The van der Waals surface area contributed by atoms with Crippen LogP contribution in [0.5, 0.6) is 0 Å². The van der Waals surface area contributed by atoms with Crippen molar-refractivity contribution >= 4 is 0 Å². The number of ether oxygens (including phenoxy) is 2. The van der Waals surface area contributed by atoms with Gasteiger partial charge in [-0.3, -0.25) is 4.90 Å². The molecule has 1 saturated heterocycles. The van der Waals surface area contributed by atoms with Gasteiger partial charge in [-0.05, 0) is 27.2 Å². The fourth-order valence-electron chi connectivity index (χ4n) is 2.06. The van der Waals surface area contributed by atoms with Crippen LogP contribution in [-0.2, 0) is 9.47 Å². The average Bonchev–Trinajstić information content (AvgIpc) is 2.23. The van der Waals surface area contributed by atoms with Gasteiger partial charge < -0.3 is 15.2 Å². The number of rotatable bonds is 6. The molecule has 2 unspecified atom stereocenters. The molecule has 1 aliphatic rings. The first kappa shape index (κ1) is 13.9. The fourth-order valence-corrected chi connectivity index (χ4v) is 2.06. The monoisotopic (exact) mass is 230 g/mol. The minimum atomic E-state index is 0.203. The lowest BCUT2D eigenvalue weighted by molar-refractivity contribution is -0.0738. The summed E-state index contributed by atoms with van der Waals surface area (Å²) in [6.07, 6.45) is 1.92. The third-order valence-electron chi connectivity index (χ3n) is 2.73. The van der Waals surface area contributed by atoms with Gasteiger partial charge in [-0.15, -0.1) is 0 Å². The van der Waals surface area contributed by atoms with Crippen molar-refractivity contribution in [1.29, 1.82) is 0 Å². The van der Waals surface area contributed by atoms with Crippen LogP contribution in [0.15, 0.2) is 0 Å². The number of hydrogen-bond acceptors (Lipinski definition) is 4. The van der Waals surface area contributed by atoms with E-state index in [1.165, 1.54) is 0 Å². The Labute approximate surface area is 99.1 Å². The summed E-state index contributed by atoms with van der Waals surface area (Å²) in [6.45, 7) is 10.8. The first-order valence-corrected chi connectivity index (χ1v) is 6.31. The normalized spacial score (nSPS) is 27.6. The summed E-state index contributed by atoms with van der Waals surface area (Å²) in [5.41, 5.74) is 5.65. The lowest BCUT2D eigenvalue weighted by atomic mass is 10.2. The first-order chi connectivity index (χ1) is 7.61. The van der Waals surface area contributed by atoms with Gasteiger partial charge in [-0.25, -0.2) is 0 Å². The van der Waals surface area contributed by atoms with Crippen LogP contribution >= 0.6 is 0 Å². The Hall–Kier alpha value is -0.160. The molecule has 0 aromatic carbocycles. The summed E-state index contributed by atoms with van der Waals surface area (Å²) in [5, 5.41) is 0. The van der Waals surface area contributed by atoms with Crippen LogP contribution in [0.4, 0.5) is 0 Å². The molecule has 0 amide bonds. The quantitative estimate of drug-likeness (QED) is 0.687. The summed E-state index contributed by atoms with van der Waals surface area (Å²) < 4.78 is 11.2. The second kappa shape index (κ2) is 7.22. The van der Waals surface area contributed by atoms with Crippen molar-refractivity contribution < 1.29 is 9.47 Å². The zero-order chi connectivity index (χ0) is 12.0. The molecule has 4 heteroatoms. The summed E-state index contributed by atoms with van der Waals surface area (Å²) >= 11 is 0. The van der Waals surface area contributed by atoms with E-state index in [1.54, 1.807) is 0 Å². The number of nitrogens with two attached hydrogens (primary N) is 1. The van der Waals surface area contributed by atoms with Crippen molar-refractivity contribution in [3.63, 3.8) is 0 Å². The van der Waals surface area contributed by atoms with Crippen molar-refractivity contribution in [3.8, 4) is 0 Å². The van der Waals surface area contributed by atoms with Gasteiger partial charge in [0.2, 0.25) is 0 Å². The second-order valence-electron chi connectivity index (χ2n) is 4.84. The van der Waals surface area contributed by atoms with Gasteiger partial charge in [0.1, 0.15) is 0 Å². The van der Waals surface area contributed by atoms with Crippen molar-refractivity contribution in [3.05, 3.63) is 0 Å². The van der Waals surface area contributed by atoms with Gasteiger partial charge in [0.15, 0.2) is 0 Å². The minimum Gasteiger partial charge on any atom is -0.379 e. The molecule has 1 aliphatic heterocycles. The Kier molecular flexibility index (Phi) is 6.28. The smallest absolute Gasteiger partial charge is 0.0828 e. The van der Waals surface area contributed by atoms with E-state index < -0.39 is 0 Å². The van der Waals surface area contributed by atoms with Gasteiger partial charge >= 0.3 is 0 Å². The van der Waals surface area contributed by atoms with Crippen LogP contribution in [0.25, 0.3) is 0 Å². The summed E-state index contributed by atoms with van der Waals surface area (Å²) in [4.78, 5) is 2.43. The maximum absolute atomic E-state index is 5.71. The van der Waals surface area contributed by atoms with Gasteiger partial charge in [0.05, 0.1) is 18.3 Å². The van der Waals surface area contributed by atoms with E-state index in [2.05, 4.69) is 25.7 Å². The molecular formula is C12H26N2O2. The second-order valence-corrected chi connectivity index (χ2v) is 4.84. The summed E-state index contributed by atoms with van der Waals surface area (Å²) in [6, 6.07) is 0. The highest BCUT2D eigenvalue weighted by atomic mass is 16.5. The molecule has 0 aromatic heterocycles. The number of nitrogens with zero attached hydrogens (tertiary/aromatic N) is 1. The van der Waals surface area contributed by atoms with Crippen LogP contribution in [0.1, 0.15) is 27.2 Å². The maximum Gasteiger partial charge on any atom is 0.0828 e. The Balaban J connectivity index is 2.15. The molecule has 16 heavy (non-hydrogen) atoms. The molecule has 1 fully saturated rings. The lowest BCUT2D eigenvalue weighted by Gasteiger charge is -2.36. The van der Waals surface area contributed by atoms with Crippen LogP contribution < -0.4 is 5.73 Å². The van der Waals surface area contributed by atoms with Gasteiger partial charge in [0.25, 0.3) is 0 Å². The van der Waals surface area contributed by atoms with Crippen LogP contribution in [0.3, 0.4) is 0 Å². The van der Waals surface area contributed by atoms with E-state index >= 15 is 0 Å². The molecule has 2 N–H and O–H groups in total. The van der Waals surface area contributed by atoms with Gasteiger partial charge in [-0.1, -0.05) is 0 Å². The summed E-state index contributed by atoms with van der Waals surface area (Å²) in [7, 11) is 0. The molecule has 0 aliphatic carbocycles. The summed E-state index contributed by atoms with van der Waals surface area (Å²) in [5.74, 6) is 0. The molecule has 96 valence electrons. The molecule has 1 rings (SSSR count). The zero-order valence-corrected chi connectivity index (χ0v) is 10.8. The number of morpholine rings is 1. The average molecular weight is 230 g/mol. The van der Waals surface area contributed by atoms with E-state index in [-0.39, 0.29) is 6.10 Å².